The van der Waals surface area contributed by atoms with Gasteiger partial charge in [0.1, 0.15) is 67.2 Å². The van der Waals surface area contributed by atoms with Crippen LogP contribution < -0.4 is 26.6 Å². The second-order valence-corrected chi connectivity index (χ2v) is 33.0. The van der Waals surface area contributed by atoms with Gasteiger partial charge in [0.15, 0.2) is 5.78 Å². The minimum atomic E-state index is -1.20. The van der Waals surface area contributed by atoms with Gasteiger partial charge in [-0.1, -0.05) is 129 Å². The number of ketones is 7. The zero-order valence-corrected chi connectivity index (χ0v) is 75.8. The second-order valence-electron chi connectivity index (χ2n) is 33.0. The molecule has 0 bridgehead atoms. The zero-order valence-electron chi connectivity index (χ0n) is 75.8. The summed E-state index contributed by atoms with van der Waals surface area (Å²) in [5, 5.41) is 50.1. The fourth-order valence-corrected chi connectivity index (χ4v) is 13.7. The van der Waals surface area contributed by atoms with Crippen LogP contribution in [0.25, 0.3) is 0 Å². The molecule has 10 N–H and O–H groups in total. The van der Waals surface area contributed by atoms with Crippen LogP contribution in [0.1, 0.15) is 305 Å². The zero-order chi connectivity index (χ0) is 92.9. The molecule has 0 aliphatic heterocycles. The van der Waals surface area contributed by atoms with E-state index in [1.54, 1.807) is 20.0 Å². The molecule has 4 atom stereocenters. The molecule has 1 aromatic rings. The fourth-order valence-electron chi connectivity index (χ4n) is 13.7. The molecular weight excluding hydrogens is 1640 g/mol. The minimum Gasteiger partial charge on any atom is -0.481 e. The number of nitrogens with one attached hydrogen (secondary N) is 6. The molecule has 1 aromatic heterocycles. The summed E-state index contributed by atoms with van der Waals surface area (Å²) in [6, 6.07) is -1.15. The number of amides is 5. The van der Waals surface area contributed by atoms with E-state index in [9.17, 15) is 86.9 Å². The number of carboxylic acids is 4. The van der Waals surface area contributed by atoms with Crippen molar-refractivity contribution in [1.82, 2.24) is 36.6 Å². The second kappa shape index (κ2) is 77.9. The average Bonchev–Trinajstić information content (AvgIpc) is 0.852. The molecule has 724 valence electrons. The number of carbonyl (C=O) groups is 16. The molecule has 0 aromatic carbocycles. The third kappa shape index (κ3) is 70.8. The topological polar surface area (TPSA) is 517 Å². The first-order valence-electron chi connectivity index (χ1n) is 46.1. The molecule has 0 saturated carbocycles. The number of carbonyl (C=O) groups excluding carboxylic acids is 12. The van der Waals surface area contributed by atoms with Crippen molar-refractivity contribution in [2.24, 2.45) is 23.2 Å². The van der Waals surface area contributed by atoms with E-state index in [1.165, 1.54) is 13.3 Å². The number of aliphatic carboxylic acids is 4. The first-order chi connectivity index (χ1) is 60.6. The number of aryl methyl sites for hydroxylation is 1. The van der Waals surface area contributed by atoms with E-state index in [2.05, 4.69) is 36.6 Å². The number of H-pyrrole nitrogens is 1. The summed E-state index contributed by atoms with van der Waals surface area (Å²) in [5.74, 6) is -9.12. The quantitative estimate of drug-likeness (QED) is 0.0271. The molecule has 35 heteroatoms. The van der Waals surface area contributed by atoms with Crippen LogP contribution in [-0.4, -0.2) is 262 Å². The third-order valence-electron chi connectivity index (χ3n) is 21.2. The molecule has 0 aliphatic carbocycles. The van der Waals surface area contributed by atoms with Crippen molar-refractivity contribution in [2.75, 3.05) is 132 Å². The highest BCUT2D eigenvalue weighted by Crippen LogP contribution is 2.31. The van der Waals surface area contributed by atoms with Gasteiger partial charge in [-0.25, -0.2) is 9.78 Å². The molecule has 35 nitrogen and oxygen atoms in total. The number of unbranched alkanes of at least 4 members (excludes halogenated alkanes) is 20. The van der Waals surface area contributed by atoms with Crippen LogP contribution in [0.3, 0.4) is 0 Å². The molecular formula is C91H157N7O28. The summed E-state index contributed by atoms with van der Waals surface area (Å²) in [5.41, 5.74) is -0.278. The Hall–Kier alpha value is -8.19. The van der Waals surface area contributed by atoms with Crippen molar-refractivity contribution in [3.8, 4) is 0 Å². The molecule has 1 heterocycles. The number of nitrogens with zero attached hydrogens (tertiary/aromatic N) is 1. The molecule has 0 saturated heterocycles. The summed E-state index contributed by atoms with van der Waals surface area (Å²) in [6.07, 6.45) is 27.3. The van der Waals surface area contributed by atoms with Crippen LogP contribution in [0.15, 0.2) is 12.5 Å². The highest BCUT2D eigenvalue weighted by atomic mass is 16.5. The van der Waals surface area contributed by atoms with Gasteiger partial charge in [0.2, 0.25) is 29.5 Å². The van der Waals surface area contributed by atoms with E-state index in [1.807, 2.05) is 0 Å². The standard InChI is InChI=1S/C91H153N7O28.2H2/c1-70(99)71(30-24-26-44-93-84(108)66-124-57-53-120-49-29-34-78(103)65-123-56-54-121-50-46-95-82(106)43-38-73(89(115)116)60-76(101)32-20-16-12-8-4-6-10-14-18-22-36-87(111)112)61-80(104)72(62-81(105)91(2,3)63-77(102)40-39-74-64-92-69-97-74)31-25-27-45-94-85(109)67-126-59-55-122-51-47-96-86(110)68-125-58-52-119-48-28-33-75(100)41-42-79(90(117)118)98-83(107)35-21-17-13-9-5-7-11-15-19-23-37-88(113)114;;/h64,69,71-73,79H,4-63,65-68H2,1-3H3,(H,92,97)(H,93,108)(H,94,109)(H,95,106)(H,96,110)(H,98,107)(H,111,112)(H,113,114)(H,115,116)(H,117,118);2*1H/t71-,72-,73-,79+;;/m1../s1. The van der Waals surface area contributed by atoms with Gasteiger partial charge in [-0.05, 0) is 90.4 Å². The van der Waals surface area contributed by atoms with E-state index >= 15 is 0 Å². The van der Waals surface area contributed by atoms with Crippen molar-refractivity contribution in [3.05, 3.63) is 18.2 Å². The van der Waals surface area contributed by atoms with Crippen LogP contribution in [0.5, 0.6) is 0 Å². The Kier molecular flexibility index (Phi) is 71.6. The molecule has 0 radical (unpaired) electrons. The number of aromatic amines is 1. The number of aromatic nitrogens is 2. The summed E-state index contributed by atoms with van der Waals surface area (Å²) >= 11 is 0. The Labute approximate surface area is 747 Å². The minimum absolute atomic E-state index is 0. The SMILES string of the molecule is CC(=O)[C@H](CCCCNC(=O)COCCOCCCC(=O)COCCOCCNC(=O)CC[C@H](CC(=O)CCCCCCCCCCCCC(=O)O)C(=O)O)CC(=O)[C@H](CCCCNC(=O)COCCOCCNC(=O)COCCOCCCC(=O)CC[C@H](NC(=O)CCCCCCCCCCCCC(=O)O)C(=O)O)CC(=O)C(C)(C)CC(=O)CCc1cnc[nH]1.[HH].[HH]. The summed E-state index contributed by atoms with van der Waals surface area (Å²) in [6.45, 7) is 7.09. The number of imidazole rings is 1. The normalized spacial score (nSPS) is 12.3. The smallest absolute Gasteiger partial charge is 0.326 e. The highest BCUT2D eigenvalue weighted by molar-refractivity contribution is 5.95. The molecule has 126 heavy (non-hydrogen) atoms. The van der Waals surface area contributed by atoms with E-state index in [0.717, 1.165) is 108 Å². The van der Waals surface area contributed by atoms with Crippen molar-refractivity contribution in [3.63, 3.8) is 0 Å². The van der Waals surface area contributed by atoms with E-state index in [-0.39, 0.29) is 288 Å². The predicted molar refractivity (Wildman–Crippen MR) is 471 cm³/mol. The van der Waals surface area contributed by atoms with E-state index in [0.29, 0.717) is 96.4 Å². The molecule has 1 rings (SSSR count). The maximum Gasteiger partial charge on any atom is 0.326 e. The predicted octanol–water partition coefficient (Wildman–Crippen LogP) is 10.5. The number of carboxylic acid groups (broad SMARTS) is 4. The van der Waals surface area contributed by atoms with Gasteiger partial charge >= 0.3 is 23.9 Å². The van der Waals surface area contributed by atoms with Gasteiger partial charge in [-0.15, -0.1) is 0 Å². The molecule has 0 unspecified atom stereocenters. The fraction of sp³-hybridized carbons (Fsp3) is 0.791. The van der Waals surface area contributed by atoms with Gasteiger partial charge in [-0.3, -0.25) is 71.9 Å². The Morgan fingerprint density at radius 1 is 0.357 bits per heavy atom. The first kappa shape index (κ1) is 116. The Balaban J connectivity index is 0. The van der Waals surface area contributed by atoms with Crippen LogP contribution >= 0.6 is 0 Å². The lowest BCUT2D eigenvalue weighted by molar-refractivity contribution is -0.144. The van der Waals surface area contributed by atoms with E-state index in [4.69, 9.17) is 48.1 Å². The lowest BCUT2D eigenvalue weighted by Gasteiger charge is -2.26. The van der Waals surface area contributed by atoms with Gasteiger partial charge in [-0.2, -0.15) is 0 Å². The van der Waals surface area contributed by atoms with Gasteiger partial charge in [0, 0.05) is 155 Å². The van der Waals surface area contributed by atoms with Crippen LogP contribution in [0.4, 0.5) is 0 Å². The third-order valence-corrected chi connectivity index (χ3v) is 21.2. The Morgan fingerprint density at radius 2 is 0.778 bits per heavy atom. The van der Waals surface area contributed by atoms with Gasteiger partial charge in [0.25, 0.3) is 0 Å². The van der Waals surface area contributed by atoms with Crippen molar-refractivity contribution < 1.29 is 138 Å². The van der Waals surface area contributed by atoms with Crippen LogP contribution in [0.2, 0.25) is 0 Å². The number of Topliss-reactive ketones (excluding diaryl/α,β-unsaturated/α-hetero) is 7. The Morgan fingerprint density at radius 3 is 1.24 bits per heavy atom. The average molecular weight is 1800 g/mol. The lowest BCUT2D eigenvalue weighted by atomic mass is 9.76. The maximum atomic E-state index is 14.1. The number of rotatable bonds is 93. The first-order valence-corrected chi connectivity index (χ1v) is 46.1. The largest absolute Gasteiger partial charge is 0.481 e. The molecule has 5 amide bonds. The summed E-state index contributed by atoms with van der Waals surface area (Å²) in [4.78, 5) is 205. The number of hydrogen-bond acceptors (Lipinski definition) is 25. The lowest BCUT2D eigenvalue weighted by Crippen LogP contribution is -2.41. The molecule has 0 spiro atoms. The number of ether oxygens (including phenoxy) is 8. The summed E-state index contributed by atoms with van der Waals surface area (Å²) in [7, 11) is 0. The van der Waals surface area contributed by atoms with Gasteiger partial charge < -0.3 is 89.9 Å². The van der Waals surface area contributed by atoms with Crippen molar-refractivity contribution >= 4 is 93.9 Å². The maximum absolute atomic E-state index is 14.1. The van der Waals surface area contributed by atoms with Crippen molar-refractivity contribution in [1.29, 1.82) is 0 Å². The van der Waals surface area contributed by atoms with Crippen LogP contribution in [-0.2, 0) is 121 Å². The van der Waals surface area contributed by atoms with Gasteiger partial charge in [0.05, 0.1) is 78.3 Å². The van der Waals surface area contributed by atoms with Crippen molar-refractivity contribution in [2.45, 2.75) is 309 Å². The summed E-state index contributed by atoms with van der Waals surface area (Å²) < 4.78 is 43.7. The monoisotopic (exact) mass is 1800 g/mol. The molecule has 0 fully saturated rings. The number of hydrogen-bond donors (Lipinski definition) is 10. The van der Waals surface area contributed by atoms with Crippen LogP contribution in [0, 0.1) is 23.2 Å². The van der Waals surface area contributed by atoms with E-state index < -0.39 is 53.1 Å². The highest BCUT2D eigenvalue weighted by Gasteiger charge is 2.35. The molecule has 0 aliphatic rings. The Bertz CT molecular complexity index is 3240.